The zero-order valence-electron chi connectivity index (χ0n) is 13.3. The van der Waals surface area contributed by atoms with Crippen molar-refractivity contribution in [3.05, 3.63) is 53.2 Å². The van der Waals surface area contributed by atoms with Gasteiger partial charge in [0.25, 0.3) is 0 Å². The van der Waals surface area contributed by atoms with Crippen LogP contribution in [0.25, 0.3) is 15.7 Å². The van der Waals surface area contributed by atoms with E-state index in [1.807, 2.05) is 17.7 Å². The van der Waals surface area contributed by atoms with Gasteiger partial charge in [-0.15, -0.1) is 10.2 Å². The number of aromatic nitrogens is 6. The molecule has 1 aromatic carbocycles. The second-order valence-electron chi connectivity index (χ2n) is 5.51. The van der Waals surface area contributed by atoms with Gasteiger partial charge in [-0.3, -0.25) is 4.68 Å². The molecule has 0 aliphatic carbocycles. The zero-order chi connectivity index (χ0) is 16.7. The summed E-state index contributed by atoms with van der Waals surface area (Å²) in [5.41, 5.74) is 2.91. The standard InChI is InChI=1S/C16H15FN6S/c1-3-22-13(8-10(2)20-22)15-21-23-14(18-19-16(23)24-15)9-11-4-6-12(17)7-5-11/h4-8H,3,9H2,1-2H3. The molecule has 0 spiro atoms. The SMILES string of the molecule is CCn1nc(C)cc1-c1nn2c(Cc3ccc(F)cc3)nnc2s1. The Balaban J connectivity index is 1.71. The van der Waals surface area contributed by atoms with Crippen LogP contribution in [-0.2, 0) is 13.0 Å². The minimum atomic E-state index is -0.246. The van der Waals surface area contributed by atoms with E-state index in [1.54, 1.807) is 16.6 Å². The Hall–Kier alpha value is -2.61. The molecular formula is C16H15FN6S. The molecule has 3 heterocycles. The fraction of sp³-hybridized carbons (Fsp3) is 0.250. The van der Waals surface area contributed by atoms with E-state index in [-0.39, 0.29) is 5.82 Å². The lowest BCUT2D eigenvalue weighted by molar-refractivity contribution is 0.627. The van der Waals surface area contributed by atoms with Gasteiger partial charge < -0.3 is 0 Å². The number of nitrogens with zero attached hydrogens (tertiary/aromatic N) is 6. The number of rotatable bonds is 4. The van der Waals surface area contributed by atoms with Crippen molar-refractivity contribution in [2.75, 3.05) is 0 Å². The van der Waals surface area contributed by atoms with Crippen molar-refractivity contribution in [3.8, 4) is 10.7 Å². The maximum Gasteiger partial charge on any atom is 0.235 e. The van der Waals surface area contributed by atoms with E-state index < -0.39 is 0 Å². The minimum absolute atomic E-state index is 0.246. The van der Waals surface area contributed by atoms with Gasteiger partial charge in [-0.2, -0.15) is 14.7 Å². The minimum Gasteiger partial charge on any atom is -0.262 e. The van der Waals surface area contributed by atoms with E-state index in [0.717, 1.165) is 39.3 Å². The fourth-order valence-electron chi connectivity index (χ4n) is 2.61. The molecule has 0 aliphatic rings. The van der Waals surface area contributed by atoms with Gasteiger partial charge in [0.2, 0.25) is 4.96 Å². The summed E-state index contributed by atoms with van der Waals surface area (Å²) in [6.07, 6.45) is 0.552. The van der Waals surface area contributed by atoms with Crippen LogP contribution in [0.4, 0.5) is 4.39 Å². The summed E-state index contributed by atoms with van der Waals surface area (Å²) >= 11 is 1.48. The van der Waals surface area contributed by atoms with E-state index in [4.69, 9.17) is 0 Å². The quantitative estimate of drug-likeness (QED) is 0.572. The molecule has 24 heavy (non-hydrogen) atoms. The molecule has 0 saturated heterocycles. The molecule has 0 saturated carbocycles. The highest BCUT2D eigenvalue weighted by molar-refractivity contribution is 7.19. The second kappa shape index (κ2) is 5.79. The summed E-state index contributed by atoms with van der Waals surface area (Å²) in [6, 6.07) is 8.42. The van der Waals surface area contributed by atoms with E-state index >= 15 is 0 Å². The lowest BCUT2D eigenvalue weighted by atomic mass is 10.1. The van der Waals surface area contributed by atoms with Gasteiger partial charge in [-0.1, -0.05) is 23.5 Å². The average molecular weight is 342 g/mol. The average Bonchev–Trinajstić information content (AvgIpc) is 3.24. The number of halogens is 1. The number of aryl methyl sites for hydroxylation is 2. The number of hydrogen-bond donors (Lipinski definition) is 0. The largest absolute Gasteiger partial charge is 0.262 e. The smallest absolute Gasteiger partial charge is 0.235 e. The molecule has 0 N–H and O–H groups in total. The molecule has 0 amide bonds. The van der Waals surface area contributed by atoms with Crippen molar-refractivity contribution >= 4 is 16.3 Å². The number of fused-ring (bicyclic) bond motifs is 1. The Labute approximate surface area is 141 Å². The summed E-state index contributed by atoms with van der Waals surface area (Å²) < 4.78 is 16.7. The Kier molecular flexibility index (Phi) is 3.61. The lowest BCUT2D eigenvalue weighted by Gasteiger charge is -2.00. The van der Waals surface area contributed by atoms with Gasteiger partial charge >= 0.3 is 0 Å². The number of benzene rings is 1. The van der Waals surface area contributed by atoms with Crippen molar-refractivity contribution in [1.82, 2.24) is 29.6 Å². The van der Waals surface area contributed by atoms with Crippen LogP contribution in [-0.4, -0.2) is 29.6 Å². The van der Waals surface area contributed by atoms with Gasteiger partial charge in [0.05, 0.1) is 11.4 Å². The first-order valence-electron chi connectivity index (χ1n) is 7.64. The van der Waals surface area contributed by atoms with Crippen LogP contribution in [0, 0.1) is 12.7 Å². The predicted octanol–water partition coefficient (Wildman–Crippen LogP) is 3.11. The lowest BCUT2D eigenvalue weighted by Crippen LogP contribution is -2.01. The molecule has 4 rings (SSSR count). The molecular weight excluding hydrogens is 327 g/mol. The fourth-order valence-corrected chi connectivity index (χ4v) is 3.49. The van der Waals surface area contributed by atoms with Gasteiger partial charge in [0.15, 0.2) is 10.8 Å². The molecule has 0 unspecified atom stereocenters. The van der Waals surface area contributed by atoms with Crippen LogP contribution >= 0.6 is 11.3 Å². The molecule has 4 aromatic rings. The van der Waals surface area contributed by atoms with Gasteiger partial charge in [-0.25, -0.2) is 4.39 Å². The molecule has 0 bridgehead atoms. The summed E-state index contributed by atoms with van der Waals surface area (Å²) in [5.74, 6) is 0.489. The predicted molar refractivity (Wildman–Crippen MR) is 89.5 cm³/mol. The van der Waals surface area contributed by atoms with Crippen molar-refractivity contribution < 1.29 is 4.39 Å². The highest BCUT2D eigenvalue weighted by Gasteiger charge is 2.16. The van der Waals surface area contributed by atoms with Crippen molar-refractivity contribution in [3.63, 3.8) is 0 Å². The first-order valence-corrected chi connectivity index (χ1v) is 8.46. The van der Waals surface area contributed by atoms with Crippen LogP contribution in [0.15, 0.2) is 30.3 Å². The summed E-state index contributed by atoms with van der Waals surface area (Å²) in [6.45, 7) is 4.80. The highest BCUT2D eigenvalue weighted by atomic mass is 32.1. The molecule has 8 heteroatoms. The van der Waals surface area contributed by atoms with Crippen molar-refractivity contribution in [2.24, 2.45) is 0 Å². The molecule has 0 aliphatic heterocycles. The number of hydrogen-bond acceptors (Lipinski definition) is 5. The van der Waals surface area contributed by atoms with Crippen LogP contribution in [0.5, 0.6) is 0 Å². The molecule has 3 aromatic heterocycles. The van der Waals surface area contributed by atoms with E-state index in [0.29, 0.717) is 6.42 Å². The van der Waals surface area contributed by atoms with Crippen LogP contribution < -0.4 is 0 Å². The molecule has 0 atom stereocenters. The van der Waals surface area contributed by atoms with E-state index in [9.17, 15) is 4.39 Å². The van der Waals surface area contributed by atoms with Crippen molar-refractivity contribution in [2.45, 2.75) is 26.8 Å². The maximum atomic E-state index is 13.0. The molecule has 0 radical (unpaired) electrons. The monoisotopic (exact) mass is 342 g/mol. The van der Waals surface area contributed by atoms with Crippen LogP contribution in [0.1, 0.15) is 24.0 Å². The summed E-state index contributed by atoms with van der Waals surface area (Å²) in [5, 5.41) is 18.4. The summed E-state index contributed by atoms with van der Waals surface area (Å²) in [4.78, 5) is 0.739. The Morgan fingerprint density at radius 3 is 2.67 bits per heavy atom. The third kappa shape index (κ3) is 2.58. The van der Waals surface area contributed by atoms with Gasteiger partial charge in [-0.05, 0) is 37.6 Å². The second-order valence-corrected chi connectivity index (χ2v) is 6.46. The molecule has 6 nitrogen and oxygen atoms in total. The Morgan fingerprint density at radius 2 is 1.92 bits per heavy atom. The molecule has 122 valence electrons. The zero-order valence-corrected chi connectivity index (χ0v) is 14.1. The first-order chi connectivity index (χ1) is 11.6. The van der Waals surface area contributed by atoms with E-state index in [1.165, 1.54) is 23.5 Å². The first kappa shape index (κ1) is 14.9. The van der Waals surface area contributed by atoms with Gasteiger partial charge in [0, 0.05) is 13.0 Å². The van der Waals surface area contributed by atoms with Crippen LogP contribution in [0.3, 0.4) is 0 Å². The third-order valence-electron chi connectivity index (χ3n) is 3.75. The van der Waals surface area contributed by atoms with Gasteiger partial charge in [0.1, 0.15) is 5.82 Å². The summed E-state index contributed by atoms with van der Waals surface area (Å²) in [7, 11) is 0. The highest BCUT2D eigenvalue weighted by Crippen LogP contribution is 2.26. The normalized spacial score (nSPS) is 11.5. The van der Waals surface area contributed by atoms with E-state index in [2.05, 4.69) is 27.3 Å². The topological polar surface area (TPSA) is 60.9 Å². The maximum absolute atomic E-state index is 13.0. The van der Waals surface area contributed by atoms with Crippen LogP contribution in [0.2, 0.25) is 0 Å². The Morgan fingerprint density at radius 1 is 1.12 bits per heavy atom. The Bertz CT molecular complexity index is 998. The molecule has 0 fully saturated rings. The third-order valence-corrected chi connectivity index (χ3v) is 4.67. The van der Waals surface area contributed by atoms with Crippen molar-refractivity contribution in [1.29, 1.82) is 0 Å².